The Kier molecular flexibility index (Phi) is 1.21. The molecule has 0 saturated carbocycles. The van der Waals surface area contributed by atoms with E-state index in [9.17, 15) is 6.48 Å². The van der Waals surface area contributed by atoms with Crippen LogP contribution in [0.2, 0.25) is 0 Å². The molecule has 2 unspecified atom stereocenters. The SMILES string of the molecule is [2H]c1c([2H])c(OC([2H])([2H])[2H])c2c3c1C[C@]1([2H])[C@@H]4C=CC([2H])(O)C(O2)[C@]34CCN1C([2H])([2H])[2H]. The molecule has 1 aromatic carbocycles. The van der Waals surface area contributed by atoms with E-state index in [1.807, 2.05) is 0 Å². The number of hydrogen-bond acceptors (Lipinski definition) is 4. The molecule has 1 aromatic rings. The Hall–Kier alpha value is -1.52. The molecule has 1 saturated heterocycles. The molecular formula is C18H21NO3. The van der Waals surface area contributed by atoms with Crippen molar-refractivity contribution in [2.45, 2.75) is 36.5 Å². The van der Waals surface area contributed by atoms with Gasteiger partial charge in [-0.3, -0.25) is 0 Å². The lowest BCUT2D eigenvalue weighted by atomic mass is 9.53. The fourth-order valence-corrected chi connectivity index (χ4v) is 4.58. The third kappa shape index (κ3) is 1.28. The number of rotatable bonds is 1. The van der Waals surface area contributed by atoms with Gasteiger partial charge in [-0.25, -0.2) is 0 Å². The molecule has 116 valence electrons. The molecule has 5 rings (SSSR count). The summed E-state index contributed by atoms with van der Waals surface area (Å²) in [5.74, 6) is -1.40. The van der Waals surface area contributed by atoms with Crippen LogP contribution in [-0.4, -0.2) is 48.8 Å². The molecule has 2 heterocycles. The van der Waals surface area contributed by atoms with Gasteiger partial charge in [-0.05, 0) is 38.0 Å². The molecule has 2 aliphatic heterocycles. The summed E-state index contributed by atoms with van der Waals surface area (Å²) in [6.07, 6.45) is -1.03. The van der Waals surface area contributed by atoms with Crippen molar-refractivity contribution >= 4 is 0 Å². The molecule has 1 fully saturated rings. The number of nitrogens with zero attached hydrogens (tertiary/aromatic N) is 1. The molecule has 4 heteroatoms. The van der Waals surface area contributed by atoms with Gasteiger partial charge in [-0.1, -0.05) is 18.2 Å². The van der Waals surface area contributed by atoms with Crippen molar-refractivity contribution in [2.24, 2.45) is 5.92 Å². The van der Waals surface area contributed by atoms with Gasteiger partial charge < -0.3 is 19.5 Å². The maximum absolute atomic E-state index is 10.9. The van der Waals surface area contributed by atoms with Crippen LogP contribution in [0.1, 0.15) is 31.3 Å². The lowest BCUT2D eigenvalue weighted by molar-refractivity contribution is -0.0453. The summed E-state index contributed by atoms with van der Waals surface area (Å²) in [6.45, 7) is -2.65. The first-order valence-corrected chi connectivity index (χ1v) is 7.26. The monoisotopic (exact) mass is 309 g/mol. The average Bonchev–Trinajstić information content (AvgIpc) is 2.96. The predicted octanol–water partition coefficient (Wildman–Crippen LogP) is 1.50. The number of benzene rings is 1. The van der Waals surface area contributed by atoms with Crippen LogP contribution in [0, 0.1) is 5.92 Å². The van der Waals surface area contributed by atoms with Crippen molar-refractivity contribution in [1.29, 1.82) is 0 Å². The number of ether oxygens (including phenoxy) is 2. The van der Waals surface area contributed by atoms with E-state index in [1.165, 1.54) is 6.08 Å². The first kappa shape index (κ1) is 6.54. The Labute approximate surface area is 144 Å². The lowest BCUT2D eigenvalue weighted by Gasteiger charge is -2.56. The molecule has 0 radical (unpaired) electrons. The van der Waals surface area contributed by atoms with Gasteiger partial charge in [0.25, 0.3) is 0 Å². The summed E-state index contributed by atoms with van der Waals surface area (Å²) in [5, 5.41) is 10.9. The van der Waals surface area contributed by atoms with E-state index < -0.39 is 55.3 Å². The molecule has 2 aliphatic carbocycles. The second-order valence-corrected chi connectivity index (χ2v) is 6.23. The minimum Gasteiger partial charge on any atom is -0.493 e. The maximum Gasteiger partial charge on any atom is 0.165 e. The molecule has 4 nitrogen and oxygen atoms in total. The highest BCUT2D eigenvalue weighted by molar-refractivity contribution is 5.62. The molecular weight excluding hydrogens is 278 g/mol. The Morgan fingerprint density at radius 2 is 2.50 bits per heavy atom. The van der Waals surface area contributed by atoms with Gasteiger partial charge in [0, 0.05) is 28.4 Å². The first-order valence-electron chi connectivity index (χ1n) is 12.3. The summed E-state index contributed by atoms with van der Waals surface area (Å²) in [5.41, 5.74) is -0.707. The molecule has 0 aromatic heterocycles. The minimum atomic E-state index is -2.94. The van der Waals surface area contributed by atoms with E-state index in [0.29, 0.717) is 5.56 Å². The number of piperidine rings is 1. The molecule has 1 N–H and O–H groups in total. The molecule has 1 spiro atoms. The second-order valence-electron chi connectivity index (χ2n) is 6.23. The van der Waals surface area contributed by atoms with Crippen LogP contribution in [0.3, 0.4) is 0 Å². The predicted molar refractivity (Wildman–Crippen MR) is 82.5 cm³/mol. The van der Waals surface area contributed by atoms with Gasteiger partial charge in [0.15, 0.2) is 11.5 Å². The van der Waals surface area contributed by atoms with Gasteiger partial charge in [0.2, 0.25) is 0 Å². The number of likely N-dealkylation sites (tertiary alicyclic amines) is 1. The Balaban J connectivity index is 1.84. The molecule has 5 atom stereocenters. The molecule has 2 bridgehead atoms. The number of aliphatic hydroxyl groups is 1. The third-order valence-electron chi connectivity index (χ3n) is 5.43. The Morgan fingerprint density at radius 1 is 1.55 bits per heavy atom. The van der Waals surface area contributed by atoms with Crippen molar-refractivity contribution in [3.63, 3.8) is 0 Å². The average molecular weight is 309 g/mol. The highest BCUT2D eigenvalue weighted by atomic mass is 16.5. The number of methoxy groups -OCH3 is 1. The number of hydrogen-bond donors (Lipinski definition) is 1. The zero-order valence-corrected chi connectivity index (χ0v) is 11.6. The van der Waals surface area contributed by atoms with Crippen molar-refractivity contribution in [1.82, 2.24) is 4.90 Å². The molecule has 22 heavy (non-hydrogen) atoms. The van der Waals surface area contributed by atoms with Crippen LogP contribution in [0.15, 0.2) is 24.2 Å². The van der Waals surface area contributed by atoms with Gasteiger partial charge in [-0.15, -0.1) is 0 Å². The highest BCUT2D eigenvalue weighted by Crippen LogP contribution is 2.62. The van der Waals surface area contributed by atoms with Crippen LogP contribution >= 0.6 is 0 Å². The van der Waals surface area contributed by atoms with E-state index in [1.54, 1.807) is 0 Å². The zero-order chi connectivity index (χ0) is 23.6. The van der Waals surface area contributed by atoms with E-state index in [0.717, 1.165) is 11.0 Å². The van der Waals surface area contributed by atoms with Crippen molar-refractivity contribution in [3.8, 4) is 11.5 Å². The summed E-state index contributed by atoms with van der Waals surface area (Å²) in [7, 11) is -2.94. The van der Waals surface area contributed by atoms with Gasteiger partial charge in [0.05, 0.1) is 15.3 Å². The van der Waals surface area contributed by atoms with Crippen LogP contribution in [-0.2, 0) is 11.8 Å². The van der Waals surface area contributed by atoms with E-state index >= 15 is 0 Å². The topological polar surface area (TPSA) is 41.9 Å². The third-order valence-corrected chi connectivity index (χ3v) is 5.43. The van der Waals surface area contributed by atoms with Crippen molar-refractivity contribution in [3.05, 3.63) is 35.4 Å². The summed E-state index contributed by atoms with van der Waals surface area (Å²) >= 11 is 0. The standard InChI is InChI=1S/C18H21NO3/c1-19-8-7-18-11-4-5-13(20)17(18)22-16-14(21-2)6-3-10(15(16)18)9-12(11)19/h3-6,11-13,17,20H,7-9H2,1-2H3/t11-,12+,13?,17?,18-/m0/s1/i1D3,2D3,3D,6D,12D,13D. The van der Waals surface area contributed by atoms with E-state index in [-0.39, 0.29) is 36.7 Å². The smallest absolute Gasteiger partial charge is 0.165 e. The maximum atomic E-state index is 10.9. The molecule has 4 aliphatic rings. The Bertz CT molecular complexity index is 1050. The largest absolute Gasteiger partial charge is 0.493 e. The quantitative estimate of drug-likeness (QED) is 0.798. The minimum absolute atomic E-state index is 0.0510. The second kappa shape index (κ2) is 4.06. The zero-order valence-electron chi connectivity index (χ0n) is 21.6. The van der Waals surface area contributed by atoms with Crippen LogP contribution in [0.4, 0.5) is 0 Å². The lowest BCUT2D eigenvalue weighted by Crippen LogP contribution is -2.64. The summed E-state index contributed by atoms with van der Waals surface area (Å²) < 4.78 is 91.9. The molecule has 0 amide bonds. The number of likely N-dealkylation sites (N-methyl/N-ethyl adjacent to an activating group) is 1. The fourth-order valence-electron chi connectivity index (χ4n) is 4.58. The van der Waals surface area contributed by atoms with Crippen molar-refractivity contribution < 1.29 is 28.3 Å². The van der Waals surface area contributed by atoms with Crippen molar-refractivity contribution in [2.75, 3.05) is 20.6 Å². The van der Waals surface area contributed by atoms with Crippen LogP contribution < -0.4 is 9.47 Å². The van der Waals surface area contributed by atoms with Gasteiger partial charge in [0.1, 0.15) is 12.2 Å². The summed E-state index contributed by atoms with van der Waals surface area (Å²) in [4.78, 5) is 1.09. The Morgan fingerprint density at radius 3 is 3.36 bits per heavy atom. The fraction of sp³-hybridized carbons (Fsp3) is 0.556. The first-order chi connectivity index (χ1) is 14.5. The van der Waals surface area contributed by atoms with Gasteiger partial charge in [-0.2, -0.15) is 0 Å². The van der Waals surface area contributed by atoms with E-state index in [4.69, 9.17) is 21.8 Å². The van der Waals surface area contributed by atoms with Gasteiger partial charge >= 0.3 is 0 Å². The van der Waals surface area contributed by atoms with Crippen LogP contribution in [0.25, 0.3) is 0 Å². The highest BCUT2D eigenvalue weighted by Gasteiger charge is 2.64. The summed E-state index contributed by atoms with van der Waals surface area (Å²) in [6, 6.07) is -2.69. The normalized spacial score (nSPS) is 55.5. The van der Waals surface area contributed by atoms with Crippen LogP contribution in [0.5, 0.6) is 11.5 Å². The van der Waals surface area contributed by atoms with E-state index in [2.05, 4.69) is 0 Å².